The highest BCUT2D eigenvalue weighted by molar-refractivity contribution is 6.21. The summed E-state index contributed by atoms with van der Waals surface area (Å²) >= 11 is 0. The summed E-state index contributed by atoms with van der Waals surface area (Å²) in [5.74, 6) is -0.953. The Morgan fingerprint density at radius 3 is 2.55 bits per heavy atom. The van der Waals surface area contributed by atoms with Crippen molar-refractivity contribution >= 4 is 17.6 Å². The van der Waals surface area contributed by atoms with E-state index in [1.807, 2.05) is 0 Å². The number of hydrogen-bond acceptors (Lipinski definition) is 3. The lowest BCUT2D eigenvalue weighted by atomic mass is 10.0. The molecule has 0 unspecified atom stereocenters. The number of methoxy groups -OCH3 is 1. The number of halogens is 1. The van der Waals surface area contributed by atoms with Crippen molar-refractivity contribution in [3.8, 4) is 0 Å². The van der Waals surface area contributed by atoms with Gasteiger partial charge in [0, 0.05) is 12.3 Å². The van der Waals surface area contributed by atoms with Crippen LogP contribution in [0, 0.1) is 5.82 Å². The number of nitrogens with one attached hydrogen (secondary N) is 1. The fraction of sp³-hybridized carbons (Fsp3) is 0.0667. The van der Waals surface area contributed by atoms with Crippen LogP contribution in [0.3, 0.4) is 0 Å². The quantitative estimate of drug-likeness (QED) is 0.689. The highest BCUT2D eigenvalue weighted by Crippen LogP contribution is 2.19. The Balaban J connectivity index is 2.50. The van der Waals surface area contributed by atoms with Gasteiger partial charge < -0.3 is 9.72 Å². The van der Waals surface area contributed by atoms with E-state index in [1.54, 1.807) is 6.07 Å². The number of hydrogen-bond donors (Lipinski definition) is 1. The first kappa shape index (κ1) is 13.7. The molecule has 2 rings (SSSR count). The van der Waals surface area contributed by atoms with E-state index in [0.29, 0.717) is 11.1 Å². The number of carbonyl (C=O) groups excluding carboxylic acids is 1. The summed E-state index contributed by atoms with van der Waals surface area (Å²) in [6, 6.07) is 8.46. The maximum atomic E-state index is 12.9. The van der Waals surface area contributed by atoms with Crippen molar-refractivity contribution in [2.24, 2.45) is 0 Å². The minimum absolute atomic E-state index is 0.248. The summed E-state index contributed by atoms with van der Waals surface area (Å²) in [5, 5.41) is 0. The lowest BCUT2D eigenvalue weighted by Gasteiger charge is -2.06. The van der Waals surface area contributed by atoms with Gasteiger partial charge in [0.05, 0.1) is 12.7 Å². The van der Waals surface area contributed by atoms with Crippen LogP contribution in [0.4, 0.5) is 4.39 Å². The van der Waals surface area contributed by atoms with Gasteiger partial charge in [-0.15, -0.1) is 0 Å². The molecule has 0 aliphatic rings. The third-order valence-electron chi connectivity index (χ3n) is 2.67. The lowest BCUT2D eigenvalue weighted by Crippen LogP contribution is -2.06. The summed E-state index contributed by atoms with van der Waals surface area (Å²) in [6.07, 6.45) is 3.00. The average molecular weight is 273 g/mol. The lowest BCUT2D eigenvalue weighted by molar-refractivity contribution is -0.133. The Morgan fingerprint density at radius 1 is 1.25 bits per heavy atom. The summed E-state index contributed by atoms with van der Waals surface area (Å²) in [7, 11) is 1.26. The summed E-state index contributed by atoms with van der Waals surface area (Å²) in [4.78, 5) is 25.5. The van der Waals surface area contributed by atoms with Crippen molar-refractivity contribution in [3.63, 3.8) is 0 Å². The van der Waals surface area contributed by atoms with Gasteiger partial charge in [-0.3, -0.25) is 4.79 Å². The maximum Gasteiger partial charge on any atom is 0.338 e. The molecule has 2 aromatic rings. The van der Waals surface area contributed by atoms with Crippen LogP contribution in [-0.4, -0.2) is 18.1 Å². The Labute approximate surface area is 114 Å². The number of H-pyrrole nitrogens is 1. The van der Waals surface area contributed by atoms with Crippen molar-refractivity contribution in [1.29, 1.82) is 0 Å². The molecule has 4 nitrogen and oxygen atoms in total. The number of pyridine rings is 1. The zero-order valence-electron chi connectivity index (χ0n) is 10.7. The number of aromatic amines is 1. The van der Waals surface area contributed by atoms with E-state index in [0.717, 1.165) is 0 Å². The second-order valence-corrected chi connectivity index (χ2v) is 4.04. The molecule has 0 atom stereocenters. The van der Waals surface area contributed by atoms with Gasteiger partial charge in [0.2, 0.25) is 5.56 Å². The number of rotatable bonds is 3. The minimum Gasteiger partial charge on any atom is -0.465 e. The van der Waals surface area contributed by atoms with Gasteiger partial charge in [-0.2, -0.15) is 0 Å². The van der Waals surface area contributed by atoms with E-state index in [2.05, 4.69) is 4.98 Å². The SMILES string of the molecule is COC(=O)/C(=C/c1cc[nH]c(=O)c1)c1ccc(F)cc1. The van der Waals surface area contributed by atoms with Gasteiger partial charge in [0.1, 0.15) is 5.82 Å². The van der Waals surface area contributed by atoms with Crippen LogP contribution in [0.25, 0.3) is 11.6 Å². The zero-order chi connectivity index (χ0) is 14.5. The Hall–Kier alpha value is -2.69. The molecule has 0 aliphatic heterocycles. The normalized spacial score (nSPS) is 11.2. The van der Waals surface area contributed by atoms with Crippen LogP contribution < -0.4 is 5.56 Å². The number of aromatic nitrogens is 1. The predicted molar refractivity (Wildman–Crippen MR) is 73.3 cm³/mol. The van der Waals surface area contributed by atoms with Gasteiger partial charge in [-0.05, 0) is 35.4 Å². The zero-order valence-corrected chi connectivity index (χ0v) is 10.7. The molecule has 0 saturated heterocycles. The first-order chi connectivity index (χ1) is 9.60. The van der Waals surface area contributed by atoms with E-state index in [9.17, 15) is 14.0 Å². The molecule has 0 amide bonds. The van der Waals surface area contributed by atoms with E-state index in [4.69, 9.17) is 4.74 Å². The molecule has 5 heteroatoms. The second-order valence-electron chi connectivity index (χ2n) is 4.04. The first-order valence-electron chi connectivity index (χ1n) is 5.85. The van der Waals surface area contributed by atoms with Crippen molar-refractivity contribution in [3.05, 3.63) is 69.9 Å². The molecule has 1 N–H and O–H groups in total. The molecule has 1 aromatic heterocycles. The van der Waals surface area contributed by atoms with Crippen molar-refractivity contribution in [2.75, 3.05) is 7.11 Å². The Morgan fingerprint density at radius 2 is 1.95 bits per heavy atom. The Kier molecular flexibility index (Phi) is 4.10. The van der Waals surface area contributed by atoms with Crippen molar-refractivity contribution in [2.45, 2.75) is 0 Å². The molecular formula is C15H12FNO3. The van der Waals surface area contributed by atoms with Crippen LogP contribution in [0.1, 0.15) is 11.1 Å². The largest absolute Gasteiger partial charge is 0.465 e. The van der Waals surface area contributed by atoms with Gasteiger partial charge in [-0.1, -0.05) is 12.1 Å². The van der Waals surface area contributed by atoms with E-state index < -0.39 is 11.8 Å². The maximum absolute atomic E-state index is 12.9. The number of esters is 1. The standard InChI is InChI=1S/C15H12FNO3/c1-20-15(19)13(11-2-4-12(16)5-3-11)8-10-6-7-17-14(18)9-10/h2-9H,1H3,(H,17,18)/b13-8+. The third-order valence-corrected chi connectivity index (χ3v) is 2.67. The van der Waals surface area contributed by atoms with E-state index in [-0.39, 0.29) is 11.1 Å². The molecule has 0 bridgehead atoms. The summed E-state index contributed by atoms with van der Waals surface area (Å²) in [5.41, 5.74) is 1.04. The molecule has 102 valence electrons. The average Bonchev–Trinajstić information content (AvgIpc) is 2.45. The van der Waals surface area contributed by atoms with E-state index in [1.165, 1.54) is 49.7 Å². The van der Waals surface area contributed by atoms with Crippen molar-refractivity contribution < 1.29 is 13.9 Å². The molecule has 0 saturated carbocycles. The topological polar surface area (TPSA) is 59.2 Å². The van der Waals surface area contributed by atoms with Crippen LogP contribution in [-0.2, 0) is 9.53 Å². The van der Waals surface area contributed by atoms with Crippen LogP contribution in [0.2, 0.25) is 0 Å². The van der Waals surface area contributed by atoms with Crippen LogP contribution in [0.5, 0.6) is 0 Å². The van der Waals surface area contributed by atoms with Gasteiger partial charge in [0.15, 0.2) is 0 Å². The fourth-order valence-corrected chi connectivity index (χ4v) is 1.72. The highest BCUT2D eigenvalue weighted by Gasteiger charge is 2.12. The molecular weight excluding hydrogens is 261 g/mol. The minimum atomic E-state index is -0.558. The number of benzene rings is 1. The van der Waals surface area contributed by atoms with E-state index >= 15 is 0 Å². The third kappa shape index (κ3) is 3.20. The Bertz CT molecular complexity index is 702. The number of ether oxygens (including phenoxy) is 1. The summed E-state index contributed by atoms with van der Waals surface area (Å²) in [6.45, 7) is 0. The smallest absolute Gasteiger partial charge is 0.338 e. The fourth-order valence-electron chi connectivity index (χ4n) is 1.72. The molecule has 0 aliphatic carbocycles. The molecule has 0 radical (unpaired) electrons. The van der Waals surface area contributed by atoms with Crippen LogP contribution in [0.15, 0.2) is 47.4 Å². The molecule has 0 fully saturated rings. The van der Waals surface area contributed by atoms with Gasteiger partial charge >= 0.3 is 5.97 Å². The monoisotopic (exact) mass is 273 g/mol. The van der Waals surface area contributed by atoms with Crippen LogP contribution >= 0.6 is 0 Å². The molecule has 1 aromatic carbocycles. The molecule has 1 heterocycles. The molecule has 20 heavy (non-hydrogen) atoms. The van der Waals surface area contributed by atoms with Gasteiger partial charge in [-0.25, -0.2) is 9.18 Å². The highest BCUT2D eigenvalue weighted by atomic mass is 19.1. The molecule has 0 spiro atoms. The first-order valence-corrected chi connectivity index (χ1v) is 5.85. The van der Waals surface area contributed by atoms with Crippen molar-refractivity contribution in [1.82, 2.24) is 4.98 Å². The second kappa shape index (κ2) is 5.97. The van der Waals surface area contributed by atoms with Gasteiger partial charge in [0.25, 0.3) is 0 Å². The number of carbonyl (C=O) groups is 1. The summed E-state index contributed by atoms with van der Waals surface area (Å²) < 4.78 is 17.6. The predicted octanol–water partition coefficient (Wildman–Crippen LogP) is 2.23.